The molecule has 9 heteroatoms. The Hall–Kier alpha value is -2.88. The van der Waals surface area contributed by atoms with Crippen molar-refractivity contribution in [3.63, 3.8) is 0 Å². The van der Waals surface area contributed by atoms with E-state index in [0.29, 0.717) is 11.1 Å². The number of allylic oxidation sites excluding steroid dienone is 3. The molecule has 0 bridgehead atoms. The Labute approximate surface area is 191 Å². The number of nitrogens with zero attached hydrogens (tertiary/aromatic N) is 7. The summed E-state index contributed by atoms with van der Waals surface area (Å²) in [4.78, 5) is 26.1. The minimum atomic E-state index is 0.203. The van der Waals surface area contributed by atoms with E-state index in [-0.39, 0.29) is 5.91 Å². The van der Waals surface area contributed by atoms with E-state index in [1.165, 1.54) is 5.70 Å². The molecule has 0 saturated carbocycles. The molecule has 0 aliphatic carbocycles. The molecule has 0 N–H and O–H groups in total. The summed E-state index contributed by atoms with van der Waals surface area (Å²) in [6.07, 6.45) is 16.1. The number of piperazine rings is 1. The van der Waals surface area contributed by atoms with Crippen LogP contribution in [0.3, 0.4) is 0 Å². The Kier molecular flexibility index (Phi) is 4.89. The molecule has 6 heterocycles. The fourth-order valence-corrected chi connectivity index (χ4v) is 5.98. The molecule has 2 aromatic rings. The molecule has 4 aliphatic heterocycles. The lowest BCUT2D eigenvalue weighted by atomic mass is 10.2. The number of anilines is 1. The van der Waals surface area contributed by atoms with Gasteiger partial charge >= 0.3 is 0 Å². The topological polar surface area (TPSA) is 57.5 Å². The van der Waals surface area contributed by atoms with Crippen molar-refractivity contribution >= 4 is 23.6 Å². The van der Waals surface area contributed by atoms with Crippen molar-refractivity contribution in [3.8, 4) is 5.69 Å². The summed E-state index contributed by atoms with van der Waals surface area (Å²) >= 11 is 1.83. The van der Waals surface area contributed by atoms with Crippen LogP contribution in [0.15, 0.2) is 72.6 Å². The van der Waals surface area contributed by atoms with E-state index in [1.807, 2.05) is 41.2 Å². The number of hydrogen-bond acceptors (Lipinski definition) is 6. The van der Waals surface area contributed by atoms with Gasteiger partial charge in [-0.15, -0.1) is 16.8 Å². The number of carbonyl (C=O) groups excluding carboxylic acids is 1. The van der Waals surface area contributed by atoms with Crippen LogP contribution in [0.1, 0.15) is 0 Å². The first kappa shape index (κ1) is 19.8. The Morgan fingerprint density at radius 2 is 1.91 bits per heavy atom. The fraction of sp³-hybridized carbons (Fsp3) is 0.348. The summed E-state index contributed by atoms with van der Waals surface area (Å²) < 4.78 is 2.77. The second-order valence-corrected chi connectivity index (χ2v) is 9.51. The minimum Gasteiger partial charge on any atom is -0.339 e. The van der Waals surface area contributed by atoms with Crippen molar-refractivity contribution in [1.82, 2.24) is 24.4 Å². The molecule has 0 unspecified atom stereocenters. The van der Waals surface area contributed by atoms with Crippen molar-refractivity contribution in [1.29, 1.82) is 0 Å². The molecule has 164 valence electrons. The van der Waals surface area contributed by atoms with Gasteiger partial charge in [-0.25, -0.2) is 4.98 Å². The minimum absolute atomic E-state index is 0.203. The number of rotatable bonds is 4. The Bertz CT molecular complexity index is 1110. The van der Waals surface area contributed by atoms with Crippen molar-refractivity contribution < 1.29 is 9.39 Å². The second kappa shape index (κ2) is 7.91. The van der Waals surface area contributed by atoms with Crippen molar-refractivity contribution in [3.05, 3.63) is 72.6 Å². The van der Waals surface area contributed by atoms with Crippen LogP contribution in [0.25, 0.3) is 5.69 Å². The lowest BCUT2D eigenvalue weighted by molar-refractivity contribution is -0.948. The molecular formula is C23H26N7OS+. The smallest absolute Gasteiger partial charge is 0.256 e. The molecule has 0 aromatic carbocycles. The molecule has 8 nitrogen and oxygen atoms in total. The zero-order valence-corrected chi connectivity index (χ0v) is 18.7. The third-order valence-electron chi connectivity index (χ3n) is 6.70. The maximum Gasteiger partial charge on any atom is 0.256 e. The van der Waals surface area contributed by atoms with Crippen molar-refractivity contribution in [2.24, 2.45) is 0 Å². The predicted molar refractivity (Wildman–Crippen MR) is 125 cm³/mol. The molecular weight excluding hydrogens is 422 g/mol. The molecule has 0 spiro atoms. The van der Waals surface area contributed by atoms with Crippen molar-refractivity contribution in [2.75, 3.05) is 55.8 Å². The van der Waals surface area contributed by atoms with E-state index < -0.39 is 0 Å². The van der Waals surface area contributed by atoms with Crippen LogP contribution in [0, 0.1) is 0 Å². The number of carbonyl (C=O) groups is 1. The van der Waals surface area contributed by atoms with Gasteiger partial charge in [0, 0.05) is 62.3 Å². The lowest BCUT2D eigenvalue weighted by Crippen LogP contribution is -2.60. The Morgan fingerprint density at radius 1 is 1.06 bits per heavy atom. The van der Waals surface area contributed by atoms with Gasteiger partial charge in [0.15, 0.2) is 5.70 Å². The van der Waals surface area contributed by atoms with Gasteiger partial charge in [-0.1, -0.05) is 0 Å². The van der Waals surface area contributed by atoms with E-state index in [1.54, 1.807) is 12.4 Å². The van der Waals surface area contributed by atoms with E-state index in [9.17, 15) is 4.79 Å². The standard InChI is InChI=1S/C23H26N7OS/c31-22(27-13-15-32-18-27)19-16-21-2-1-14-30(21,17-19)28-11-9-26(10-12-28)23-25-7-8-29(23)20-3-5-24-6-4-20/h1-8,14,16H,9-13,15,17-18H2/q+1/t30-/m1/s1. The average Bonchev–Trinajstić information content (AvgIpc) is 3.63. The molecule has 6 rings (SSSR count). The van der Waals surface area contributed by atoms with Gasteiger partial charge in [0.1, 0.15) is 12.7 Å². The van der Waals surface area contributed by atoms with Crippen LogP contribution in [0.4, 0.5) is 5.95 Å². The number of thioether (sulfide) groups is 1. The highest BCUT2D eigenvalue weighted by Gasteiger charge is 2.48. The van der Waals surface area contributed by atoms with Crippen LogP contribution in [-0.2, 0) is 4.79 Å². The molecule has 1 amide bonds. The molecule has 2 aromatic heterocycles. The summed E-state index contributed by atoms with van der Waals surface area (Å²) in [5.74, 6) is 3.02. The monoisotopic (exact) mass is 448 g/mol. The number of hydrogen-bond donors (Lipinski definition) is 0. The summed E-state index contributed by atoms with van der Waals surface area (Å²) in [6.45, 7) is 5.15. The molecule has 2 saturated heterocycles. The summed E-state index contributed by atoms with van der Waals surface area (Å²) in [5, 5.41) is 2.49. The molecule has 1 atom stereocenters. The quantitative estimate of drug-likeness (QED) is 0.667. The maximum absolute atomic E-state index is 13.0. The number of imidazole rings is 1. The largest absolute Gasteiger partial charge is 0.339 e. The highest BCUT2D eigenvalue weighted by atomic mass is 32.2. The van der Waals surface area contributed by atoms with E-state index >= 15 is 0 Å². The number of pyridine rings is 1. The van der Waals surface area contributed by atoms with Crippen molar-refractivity contribution in [2.45, 2.75) is 0 Å². The van der Waals surface area contributed by atoms with Crippen LogP contribution in [-0.4, -0.2) is 85.8 Å². The van der Waals surface area contributed by atoms with E-state index in [0.717, 1.165) is 61.6 Å². The summed E-state index contributed by atoms with van der Waals surface area (Å²) in [7, 11) is 0. The van der Waals surface area contributed by atoms with Gasteiger partial charge in [-0.2, -0.15) is 4.59 Å². The first-order valence-electron chi connectivity index (χ1n) is 11.0. The molecule has 0 radical (unpaired) electrons. The third-order valence-corrected chi connectivity index (χ3v) is 7.67. The highest BCUT2D eigenvalue weighted by Crippen LogP contribution is 2.38. The first-order valence-corrected chi connectivity index (χ1v) is 12.2. The maximum atomic E-state index is 13.0. The van der Waals surface area contributed by atoms with Crippen LogP contribution in [0.5, 0.6) is 0 Å². The summed E-state index contributed by atoms with van der Waals surface area (Å²) in [5.41, 5.74) is 3.20. The SMILES string of the molecule is O=C(C1=CC2=CC=C[N@@+]2(N2CCN(c3nccn3-c3ccncc3)CC2)C1)N1CCSC1. The second-order valence-electron chi connectivity index (χ2n) is 8.44. The lowest BCUT2D eigenvalue weighted by Gasteiger charge is -2.44. The van der Waals surface area contributed by atoms with Gasteiger partial charge < -0.3 is 9.80 Å². The van der Waals surface area contributed by atoms with Gasteiger partial charge in [0.05, 0.1) is 30.2 Å². The number of fused-ring (bicyclic) bond motifs is 1. The van der Waals surface area contributed by atoms with Gasteiger partial charge in [0.25, 0.3) is 5.91 Å². The Morgan fingerprint density at radius 3 is 2.69 bits per heavy atom. The average molecular weight is 449 g/mol. The first-order chi connectivity index (χ1) is 15.7. The van der Waals surface area contributed by atoms with Gasteiger partial charge in [0.2, 0.25) is 5.95 Å². The zero-order valence-electron chi connectivity index (χ0n) is 17.9. The molecule has 32 heavy (non-hydrogen) atoms. The van der Waals surface area contributed by atoms with E-state index in [2.05, 4.69) is 48.9 Å². The zero-order chi connectivity index (χ0) is 21.5. The third kappa shape index (κ3) is 3.19. The van der Waals surface area contributed by atoms with Crippen LogP contribution >= 0.6 is 11.8 Å². The number of amides is 1. The number of aromatic nitrogens is 3. The number of quaternary nitrogens is 1. The van der Waals surface area contributed by atoms with Gasteiger partial charge in [-0.3, -0.25) is 14.3 Å². The van der Waals surface area contributed by atoms with Gasteiger partial charge in [-0.05, 0) is 18.2 Å². The normalized spacial score (nSPS) is 25.2. The van der Waals surface area contributed by atoms with Crippen LogP contribution < -0.4 is 4.90 Å². The molecule has 4 aliphatic rings. The Balaban J connectivity index is 1.17. The fourth-order valence-electron chi connectivity index (χ4n) is 5.04. The van der Waals surface area contributed by atoms with Crippen LogP contribution in [0.2, 0.25) is 0 Å². The summed E-state index contributed by atoms with van der Waals surface area (Å²) in [6, 6.07) is 4.00. The predicted octanol–water partition coefficient (Wildman–Crippen LogP) is 2.01. The molecule has 2 fully saturated rings. The van der Waals surface area contributed by atoms with E-state index in [4.69, 9.17) is 0 Å². The highest BCUT2D eigenvalue weighted by molar-refractivity contribution is 7.99.